The van der Waals surface area contributed by atoms with Gasteiger partial charge in [0.2, 0.25) is 9.04 Å². The van der Waals surface area contributed by atoms with Gasteiger partial charge in [0.1, 0.15) is 10.5 Å². The van der Waals surface area contributed by atoms with E-state index in [1.54, 1.807) is 0 Å². The number of rotatable bonds is 3. The normalized spacial score (nSPS) is 15.2. The molecular weight excluding hydrogens is 177 g/mol. The van der Waals surface area contributed by atoms with Crippen LogP contribution in [0.4, 0.5) is 13.2 Å². The van der Waals surface area contributed by atoms with Crippen LogP contribution in [0.25, 0.3) is 0 Å². The molecule has 0 aliphatic carbocycles. The smallest absolute Gasteiger partial charge is 0.301 e. The van der Waals surface area contributed by atoms with Crippen LogP contribution in [0.1, 0.15) is 0 Å². The summed E-state index contributed by atoms with van der Waals surface area (Å²) in [5.41, 5.74) is -3.40. The van der Waals surface area contributed by atoms with E-state index in [0.29, 0.717) is 0 Å². The van der Waals surface area contributed by atoms with Crippen molar-refractivity contribution in [2.24, 2.45) is 0 Å². The maximum atomic E-state index is 12.4. The Labute approximate surface area is 62.1 Å². The Morgan fingerprint density at radius 2 is 2.10 bits per heavy atom. The monoisotopic (exact) mass is 186 g/mol. The van der Waals surface area contributed by atoms with Crippen molar-refractivity contribution in [2.45, 2.75) is 12.1 Å². The highest BCUT2D eigenvalue weighted by Crippen LogP contribution is 2.26. The Morgan fingerprint density at radius 3 is 2.20 bits per heavy atom. The first kappa shape index (κ1) is 9.92. The maximum absolute atomic E-state index is 12.4. The molecule has 1 unspecified atom stereocenters. The second kappa shape index (κ2) is 3.35. The van der Waals surface area contributed by atoms with Crippen LogP contribution in [0.15, 0.2) is 12.4 Å². The Bertz CT molecular complexity index is 138. The van der Waals surface area contributed by atoms with Crippen LogP contribution >= 0.6 is 0 Å². The van der Waals surface area contributed by atoms with Gasteiger partial charge in [0.25, 0.3) is 0 Å². The molecule has 0 saturated heterocycles. The fourth-order valence-corrected chi connectivity index (χ4v) is 1.99. The zero-order chi connectivity index (χ0) is 8.36. The van der Waals surface area contributed by atoms with Gasteiger partial charge in [0.05, 0.1) is 0 Å². The van der Waals surface area contributed by atoms with E-state index in [9.17, 15) is 13.2 Å². The maximum Gasteiger partial charge on any atom is 0.301 e. The number of halogens is 3. The molecule has 0 aliphatic heterocycles. The minimum Gasteiger partial charge on any atom is -0.462 e. The lowest BCUT2D eigenvalue weighted by Gasteiger charge is -2.18. The summed E-state index contributed by atoms with van der Waals surface area (Å²) >= 11 is 0. The Hall–Kier alpha value is -0.0762. The molecule has 0 radical (unpaired) electrons. The van der Waals surface area contributed by atoms with Crippen LogP contribution in [0, 0.1) is 0 Å². The van der Waals surface area contributed by atoms with Gasteiger partial charge in [0, 0.05) is 0 Å². The van der Waals surface area contributed by atoms with Gasteiger partial charge >= 0.3 is 5.55 Å². The molecule has 0 saturated carbocycles. The van der Waals surface area contributed by atoms with E-state index >= 15 is 0 Å². The van der Waals surface area contributed by atoms with Gasteiger partial charge < -0.3 is 4.12 Å². The van der Waals surface area contributed by atoms with Crippen molar-refractivity contribution < 1.29 is 17.3 Å². The lowest BCUT2D eigenvalue weighted by Crippen LogP contribution is -2.37. The third-order valence-corrected chi connectivity index (χ3v) is 5.39. The minimum atomic E-state index is -3.40. The third-order valence-electron chi connectivity index (χ3n) is 1.23. The first-order valence-electron chi connectivity index (χ1n) is 2.68. The molecule has 0 bridgehead atoms. The number of hydrogen-bond donors (Lipinski definition) is 0. The molecule has 0 rings (SSSR count). The average molecular weight is 186 g/mol. The third kappa shape index (κ3) is 1.96. The first-order valence-corrected chi connectivity index (χ1v) is 5.70. The molecule has 0 heterocycles. The van der Waals surface area contributed by atoms with Crippen LogP contribution in [-0.4, -0.2) is 25.1 Å². The number of allylic oxidation sites excluding steroid dienone is 1. The lowest BCUT2D eigenvalue weighted by molar-refractivity contribution is 0.0892. The molecule has 0 aromatic carbocycles. The van der Waals surface area contributed by atoms with Crippen LogP contribution in [-0.2, 0) is 4.12 Å². The van der Waals surface area contributed by atoms with Gasteiger partial charge in [-0.25, -0.2) is 13.2 Å². The summed E-state index contributed by atoms with van der Waals surface area (Å²) in [6.45, 7) is 3.80. The fourth-order valence-electron chi connectivity index (χ4n) is 0.369. The zero-order valence-electron chi connectivity index (χ0n) is 5.83. The summed E-state index contributed by atoms with van der Waals surface area (Å²) in [5.74, 6) is -1.58. The molecule has 6 heteroatoms. The SMILES string of the molecule is C=C(F)C(F)(F)[SiH](C)O[SiH3]. The summed E-state index contributed by atoms with van der Waals surface area (Å²) in [5, 5.41) is 0. The van der Waals surface area contributed by atoms with Crippen LogP contribution < -0.4 is 0 Å². The molecular formula is C4H9F3OSi2. The van der Waals surface area contributed by atoms with Gasteiger partial charge in [-0.2, -0.15) is 0 Å². The zero-order valence-corrected chi connectivity index (χ0v) is 8.98. The molecule has 0 spiro atoms. The molecule has 1 nitrogen and oxygen atoms in total. The quantitative estimate of drug-likeness (QED) is 0.576. The highest BCUT2D eigenvalue weighted by molar-refractivity contribution is 6.57. The molecule has 1 atom stereocenters. The molecule has 0 fully saturated rings. The van der Waals surface area contributed by atoms with Crippen molar-refractivity contribution in [3.05, 3.63) is 12.4 Å². The van der Waals surface area contributed by atoms with Gasteiger partial charge in [-0.05, 0) is 6.55 Å². The highest BCUT2D eigenvalue weighted by atomic mass is 28.3. The van der Waals surface area contributed by atoms with Crippen molar-refractivity contribution >= 4 is 19.5 Å². The molecule has 0 aliphatic rings. The van der Waals surface area contributed by atoms with E-state index < -0.39 is 20.4 Å². The standard InChI is InChI=1S/C4H9F3OSi2/c1-3(5)4(6,7)10(2)8-9/h10H,1H2,2,9H3. The van der Waals surface area contributed by atoms with E-state index in [2.05, 4.69) is 10.7 Å². The van der Waals surface area contributed by atoms with Crippen molar-refractivity contribution in [3.8, 4) is 0 Å². The van der Waals surface area contributed by atoms with E-state index in [4.69, 9.17) is 0 Å². The highest BCUT2D eigenvalue weighted by Gasteiger charge is 2.42. The van der Waals surface area contributed by atoms with Crippen LogP contribution in [0.2, 0.25) is 6.55 Å². The topological polar surface area (TPSA) is 9.23 Å². The van der Waals surface area contributed by atoms with Crippen molar-refractivity contribution in [1.82, 2.24) is 0 Å². The van der Waals surface area contributed by atoms with Gasteiger partial charge in [0.15, 0.2) is 5.83 Å². The van der Waals surface area contributed by atoms with Crippen molar-refractivity contribution in [1.29, 1.82) is 0 Å². The summed E-state index contributed by atoms with van der Waals surface area (Å²) in [6, 6.07) is 0. The number of hydrogen-bond acceptors (Lipinski definition) is 1. The van der Waals surface area contributed by atoms with Gasteiger partial charge in [-0.1, -0.05) is 6.58 Å². The van der Waals surface area contributed by atoms with Crippen molar-refractivity contribution in [3.63, 3.8) is 0 Å². The minimum absolute atomic E-state index is 0.223. The summed E-state index contributed by atoms with van der Waals surface area (Å²) < 4.78 is 41.3. The molecule has 0 aromatic heterocycles. The van der Waals surface area contributed by atoms with E-state index in [-0.39, 0.29) is 10.5 Å². The van der Waals surface area contributed by atoms with Gasteiger partial charge in [-0.3, -0.25) is 0 Å². The molecule has 60 valence electrons. The van der Waals surface area contributed by atoms with Gasteiger partial charge in [-0.15, -0.1) is 0 Å². The predicted octanol–water partition coefficient (Wildman–Crippen LogP) is 0.295. The fraction of sp³-hybridized carbons (Fsp3) is 0.500. The largest absolute Gasteiger partial charge is 0.462 e. The Morgan fingerprint density at radius 1 is 1.70 bits per heavy atom. The second-order valence-corrected chi connectivity index (χ2v) is 5.80. The predicted molar refractivity (Wildman–Crippen MR) is 39.2 cm³/mol. The molecule has 0 aromatic rings. The summed E-state index contributed by atoms with van der Waals surface area (Å²) in [4.78, 5) is 0. The van der Waals surface area contributed by atoms with Crippen LogP contribution in [0.3, 0.4) is 0 Å². The van der Waals surface area contributed by atoms with E-state index in [0.717, 1.165) is 0 Å². The molecule has 0 N–H and O–H groups in total. The van der Waals surface area contributed by atoms with E-state index in [1.807, 2.05) is 0 Å². The lowest BCUT2D eigenvalue weighted by atomic mass is 10.6. The Balaban J connectivity index is 4.23. The molecule has 10 heavy (non-hydrogen) atoms. The second-order valence-electron chi connectivity index (χ2n) is 1.91. The average Bonchev–Trinajstić information content (AvgIpc) is 1.86. The first-order chi connectivity index (χ1) is 4.42. The van der Waals surface area contributed by atoms with Crippen molar-refractivity contribution in [2.75, 3.05) is 0 Å². The van der Waals surface area contributed by atoms with Crippen LogP contribution in [0.5, 0.6) is 0 Å². The summed E-state index contributed by atoms with van der Waals surface area (Å²) in [6.07, 6.45) is 0. The number of alkyl halides is 2. The Kier molecular flexibility index (Phi) is 3.33. The van der Waals surface area contributed by atoms with E-state index in [1.165, 1.54) is 6.55 Å². The molecule has 0 amide bonds. The summed E-state index contributed by atoms with van der Waals surface area (Å²) in [7, 11) is -2.47.